The third-order valence-corrected chi connectivity index (χ3v) is 6.21. The van der Waals surface area contributed by atoms with Gasteiger partial charge >= 0.3 is 11.9 Å². The molecular formula is C29H27NO7. The summed E-state index contributed by atoms with van der Waals surface area (Å²) in [5, 5.41) is 20.7. The molecule has 4 aromatic rings. The van der Waals surface area contributed by atoms with Crippen LogP contribution in [0.3, 0.4) is 0 Å². The van der Waals surface area contributed by atoms with Crippen LogP contribution < -0.4 is 14.2 Å². The van der Waals surface area contributed by atoms with Crippen LogP contribution in [0.15, 0.2) is 72.8 Å². The molecule has 0 spiro atoms. The van der Waals surface area contributed by atoms with Crippen molar-refractivity contribution in [3.8, 4) is 39.5 Å². The summed E-state index contributed by atoms with van der Waals surface area (Å²) < 4.78 is 17.1. The zero-order valence-corrected chi connectivity index (χ0v) is 20.7. The normalized spacial score (nSPS) is 10.7. The molecule has 8 heteroatoms. The van der Waals surface area contributed by atoms with Gasteiger partial charge in [0.25, 0.3) is 0 Å². The summed E-state index contributed by atoms with van der Waals surface area (Å²) >= 11 is 0. The van der Waals surface area contributed by atoms with Crippen molar-refractivity contribution in [2.45, 2.75) is 13.0 Å². The summed E-state index contributed by atoms with van der Waals surface area (Å²) in [4.78, 5) is 25.4. The number of aromatic nitrogens is 1. The Hall–Kier alpha value is -4.72. The fourth-order valence-electron chi connectivity index (χ4n) is 4.40. The molecule has 0 saturated heterocycles. The smallest absolute Gasteiger partial charge is 0.353 e. The van der Waals surface area contributed by atoms with Crippen LogP contribution in [0.25, 0.3) is 22.3 Å². The van der Waals surface area contributed by atoms with Gasteiger partial charge in [0.15, 0.2) is 0 Å². The molecule has 0 saturated carbocycles. The van der Waals surface area contributed by atoms with Crippen molar-refractivity contribution in [2.75, 3.05) is 21.3 Å². The largest absolute Gasteiger partial charge is 0.497 e. The van der Waals surface area contributed by atoms with Crippen molar-refractivity contribution in [3.05, 3.63) is 89.7 Å². The van der Waals surface area contributed by atoms with E-state index in [-0.39, 0.29) is 17.9 Å². The van der Waals surface area contributed by atoms with E-state index in [9.17, 15) is 19.8 Å². The van der Waals surface area contributed by atoms with Gasteiger partial charge in [-0.15, -0.1) is 0 Å². The Bertz CT molecular complexity index is 1320. The number of methoxy groups -OCH3 is 3. The van der Waals surface area contributed by atoms with E-state index in [2.05, 4.69) is 0 Å². The summed E-state index contributed by atoms with van der Waals surface area (Å²) in [6.07, 6.45) is 0.420. The number of hydrogen-bond donors (Lipinski definition) is 2. The Labute approximate surface area is 214 Å². The lowest BCUT2D eigenvalue weighted by atomic mass is 9.94. The summed E-state index contributed by atoms with van der Waals surface area (Å²) in [5.41, 5.74) is 2.51. The number of nitrogens with zero attached hydrogens (tertiary/aromatic N) is 1. The first-order valence-electron chi connectivity index (χ1n) is 11.5. The Kier molecular flexibility index (Phi) is 7.48. The molecule has 0 amide bonds. The zero-order chi connectivity index (χ0) is 26.5. The Morgan fingerprint density at radius 2 is 0.973 bits per heavy atom. The molecule has 2 N–H and O–H groups in total. The minimum atomic E-state index is -1.22. The minimum absolute atomic E-state index is 0.0955. The fourth-order valence-corrected chi connectivity index (χ4v) is 4.40. The van der Waals surface area contributed by atoms with Crippen LogP contribution in [-0.4, -0.2) is 48.0 Å². The van der Waals surface area contributed by atoms with Gasteiger partial charge in [0.05, 0.1) is 21.3 Å². The van der Waals surface area contributed by atoms with Crippen molar-refractivity contribution >= 4 is 11.9 Å². The molecule has 190 valence electrons. The first kappa shape index (κ1) is 25.4. The topological polar surface area (TPSA) is 107 Å². The summed E-state index contributed by atoms with van der Waals surface area (Å²) in [6, 6.07) is 21.2. The van der Waals surface area contributed by atoms with Gasteiger partial charge in [-0.2, -0.15) is 0 Å². The van der Waals surface area contributed by atoms with Crippen molar-refractivity contribution in [1.29, 1.82) is 0 Å². The highest BCUT2D eigenvalue weighted by molar-refractivity contribution is 6.08. The van der Waals surface area contributed by atoms with Crippen molar-refractivity contribution < 1.29 is 34.0 Å². The molecule has 8 nitrogen and oxygen atoms in total. The van der Waals surface area contributed by atoms with Gasteiger partial charge in [0, 0.05) is 17.7 Å². The SMILES string of the molecule is COc1ccc(CCn2c(C(=O)O)c(-c3ccc(OC)cc3)c(-c3ccc(OC)cc3)c2C(=O)O)cc1. The minimum Gasteiger partial charge on any atom is -0.497 e. The van der Waals surface area contributed by atoms with E-state index in [1.54, 1.807) is 69.9 Å². The highest BCUT2D eigenvalue weighted by Gasteiger charge is 2.32. The van der Waals surface area contributed by atoms with Gasteiger partial charge < -0.3 is 29.0 Å². The van der Waals surface area contributed by atoms with Crippen molar-refractivity contribution in [3.63, 3.8) is 0 Å². The molecule has 37 heavy (non-hydrogen) atoms. The second-order valence-corrected chi connectivity index (χ2v) is 8.26. The molecule has 4 rings (SSSR count). The number of aromatic carboxylic acids is 2. The molecule has 0 atom stereocenters. The van der Waals surface area contributed by atoms with Crippen molar-refractivity contribution in [1.82, 2.24) is 4.57 Å². The fraction of sp³-hybridized carbons (Fsp3) is 0.172. The van der Waals surface area contributed by atoms with Crippen LogP contribution in [0.1, 0.15) is 26.5 Å². The first-order valence-corrected chi connectivity index (χ1v) is 11.5. The van der Waals surface area contributed by atoms with Gasteiger partial charge in [-0.3, -0.25) is 0 Å². The molecule has 1 heterocycles. The molecule has 3 aromatic carbocycles. The van der Waals surface area contributed by atoms with Crippen LogP contribution in [-0.2, 0) is 13.0 Å². The molecule has 0 aliphatic carbocycles. The van der Waals surface area contributed by atoms with E-state index in [0.717, 1.165) is 5.56 Å². The Morgan fingerprint density at radius 3 is 1.30 bits per heavy atom. The molecule has 0 aliphatic heterocycles. The molecule has 0 radical (unpaired) electrons. The number of aryl methyl sites for hydroxylation is 1. The van der Waals surface area contributed by atoms with Gasteiger partial charge in [-0.25, -0.2) is 9.59 Å². The maximum absolute atomic E-state index is 12.7. The molecule has 1 aromatic heterocycles. The summed E-state index contributed by atoms with van der Waals surface area (Å²) in [6.45, 7) is 0.148. The van der Waals surface area contributed by atoms with E-state index in [1.807, 2.05) is 24.3 Å². The molecule has 0 fully saturated rings. The lowest BCUT2D eigenvalue weighted by Crippen LogP contribution is -2.16. The van der Waals surface area contributed by atoms with Crippen LogP contribution >= 0.6 is 0 Å². The zero-order valence-electron chi connectivity index (χ0n) is 20.7. The van der Waals surface area contributed by atoms with Gasteiger partial charge in [-0.05, 0) is 59.5 Å². The van der Waals surface area contributed by atoms with Crippen molar-refractivity contribution in [2.24, 2.45) is 0 Å². The van der Waals surface area contributed by atoms with Crippen LogP contribution in [0.4, 0.5) is 0 Å². The maximum atomic E-state index is 12.7. The number of carboxylic acids is 2. The Balaban J connectivity index is 1.95. The maximum Gasteiger partial charge on any atom is 0.353 e. The van der Waals surface area contributed by atoms with Crippen LogP contribution in [0.2, 0.25) is 0 Å². The average Bonchev–Trinajstić information content (AvgIpc) is 3.28. The third kappa shape index (κ3) is 5.13. The van der Waals surface area contributed by atoms with Crippen LogP contribution in [0.5, 0.6) is 17.2 Å². The molecule has 0 unspecified atom stereocenters. The van der Waals surface area contributed by atoms with E-state index < -0.39 is 11.9 Å². The average molecular weight is 502 g/mol. The molecule has 0 bridgehead atoms. The highest BCUT2D eigenvalue weighted by Crippen LogP contribution is 2.41. The molecular weight excluding hydrogens is 474 g/mol. The van der Waals surface area contributed by atoms with Crippen LogP contribution in [0, 0.1) is 0 Å². The number of carboxylic acid groups (broad SMARTS) is 2. The quantitative estimate of drug-likeness (QED) is 0.296. The lowest BCUT2D eigenvalue weighted by Gasteiger charge is -2.11. The van der Waals surface area contributed by atoms with Gasteiger partial charge in [0.1, 0.15) is 28.6 Å². The van der Waals surface area contributed by atoms with E-state index >= 15 is 0 Å². The summed E-state index contributed by atoms with van der Waals surface area (Å²) in [7, 11) is 4.66. The first-order chi connectivity index (χ1) is 17.9. The Morgan fingerprint density at radius 1 is 0.622 bits per heavy atom. The second-order valence-electron chi connectivity index (χ2n) is 8.26. The summed E-state index contributed by atoms with van der Waals surface area (Å²) in [5.74, 6) is -0.538. The number of rotatable bonds is 10. The number of ether oxygens (including phenoxy) is 3. The highest BCUT2D eigenvalue weighted by atomic mass is 16.5. The predicted octanol–water partition coefficient (Wildman–Crippen LogP) is 5.49. The number of hydrogen-bond acceptors (Lipinski definition) is 5. The van der Waals surface area contributed by atoms with Gasteiger partial charge in [0.2, 0.25) is 0 Å². The standard InChI is InChI=1S/C29H27NO7/c1-35-21-10-4-18(5-11-21)16-17-30-26(28(31)32)24(19-6-12-22(36-2)13-7-19)25(27(30)29(33)34)20-8-14-23(37-3)15-9-20/h4-15H,16-17H2,1-3H3,(H,31,32)(H,33,34). The second kappa shape index (κ2) is 10.9. The predicted molar refractivity (Wildman–Crippen MR) is 139 cm³/mol. The number of benzene rings is 3. The van der Waals surface area contributed by atoms with E-state index in [1.165, 1.54) is 4.57 Å². The van der Waals surface area contributed by atoms with Gasteiger partial charge in [-0.1, -0.05) is 36.4 Å². The monoisotopic (exact) mass is 501 g/mol. The number of carbonyl (C=O) groups is 2. The third-order valence-electron chi connectivity index (χ3n) is 6.21. The lowest BCUT2D eigenvalue weighted by molar-refractivity contribution is 0.0677. The van der Waals surface area contributed by atoms with E-state index in [4.69, 9.17) is 14.2 Å². The van der Waals surface area contributed by atoms with E-state index in [0.29, 0.717) is 45.9 Å². The molecule has 0 aliphatic rings.